The van der Waals surface area contributed by atoms with Gasteiger partial charge in [0.25, 0.3) is 0 Å². The van der Waals surface area contributed by atoms with Crippen molar-refractivity contribution < 1.29 is 29.3 Å². The van der Waals surface area contributed by atoms with Crippen molar-refractivity contribution in [3.8, 4) is 23.3 Å². The van der Waals surface area contributed by atoms with E-state index in [9.17, 15) is 15.0 Å². The molecule has 12 heteroatoms. The van der Waals surface area contributed by atoms with Gasteiger partial charge in [0, 0.05) is 78.8 Å². The van der Waals surface area contributed by atoms with E-state index in [4.69, 9.17) is 20.2 Å². The van der Waals surface area contributed by atoms with Gasteiger partial charge in [-0.05, 0) is 254 Å². The van der Waals surface area contributed by atoms with E-state index in [1.54, 1.807) is 6.92 Å². The van der Waals surface area contributed by atoms with Gasteiger partial charge in [0.2, 0.25) is 5.91 Å². The van der Waals surface area contributed by atoms with Gasteiger partial charge in [-0.15, -0.1) is 5.92 Å². The smallest absolute Gasteiger partial charge is 0.303 e. The van der Waals surface area contributed by atoms with Crippen LogP contribution in [0.4, 0.5) is 0 Å². The second kappa shape index (κ2) is 21.4. The molecule has 2 aromatic carbocycles. The van der Waals surface area contributed by atoms with E-state index in [2.05, 4.69) is 87.3 Å². The van der Waals surface area contributed by atoms with Crippen LogP contribution in [0.5, 0.6) is 11.5 Å². The molecule has 478 valence electrons. The van der Waals surface area contributed by atoms with E-state index in [0.29, 0.717) is 96.0 Å². The highest BCUT2D eigenvalue weighted by Crippen LogP contribution is 2.82. The molecule has 16 unspecified atom stereocenters. The number of carbonyl (C=O) groups excluding carboxylic acids is 2. The predicted molar refractivity (Wildman–Crippen MR) is 354 cm³/mol. The van der Waals surface area contributed by atoms with Crippen LogP contribution in [-0.2, 0) is 27.3 Å². The van der Waals surface area contributed by atoms with Crippen molar-refractivity contribution in [1.29, 1.82) is 0 Å². The largest absolute Gasteiger partial charge is 0.504 e. The van der Waals surface area contributed by atoms with Crippen LogP contribution in [0.3, 0.4) is 0 Å². The number of guanidine groups is 1. The highest BCUT2D eigenvalue weighted by Gasteiger charge is 2.73. The molecule has 14 bridgehead atoms. The maximum Gasteiger partial charge on any atom is 0.303 e. The Morgan fingerprint density at radius 3 is 2.51 bits per heavy atom. The summed E-state index contributed by atoms with van der Waals surface area (Å²) in [4.78, 5) is 36.5. The van der Waals surface area contributed by atoms with Crippen LogP contribution in [0.2, 0.25) is 0 Å². The Balaban J connectivity index is 0.797. The van der Waals surface area contributed by atoms with Crippen LogP contribution in [0, 0.1) is 79.3 Å². The second-order valence-corrected chi connectivity index (χ2v) is 36.3. The van der Waals surface area contributed by atoms with Gasteiger partial charge in [0.15, 0.2) is 17.5 Å². The lowest BCUT2D eigenvalue weighted by Gasteiger charge is -2.60. The van der Waals surface area contributed by atoms with Gasteiger partial charge in [0.1, 0.15) is 16.1 Å². The van der Waals surface area contributed by atoms with Crippen LogP contribution in [0.1, 0.15) is 259 Å². The third kappa shape index (κ3) is 8.81. The molecule has 16 atom stereocenters. The number of ether oxygens (including phenoxy) is 2. The molecule has 7 aliphatic heterocycles. The Hall–Kier alpha value is -3.79. The van der Waals surface area contributed by atoms with Crippen molar-refractivity contribution in [2.75, 3.05) is 18.8 Å². The van der Waals surface area contributed by atoms with Crippen LogP contribution < -0.4 is 15.8 Å². The first-order valence-electron chi connectivity index (χ1n) is 36.5. The fourth-order valence-corrected chi connectivity index (χ4v) is 30.4. The number of carbonyl (C=O) groups is 2. The Morgan fingerprint density at radius 2 is 1.66 bits per heavy atom. The summed E-state index contributed by atoms with van der Waals surface area (Å²) in [7, 11) is 4.38. The number of esters is 1. The summed E-state index contributed by atoms with van der Waals surface area (Å²) in [5, 5.41) is 30.3. The average molecular weight is 1240 g/mol. The van der Waals surface area contributed by atoms with Gasteiger partial charge in [0.05, 0.1) is 18.1 Å². The monoisotopic (exact) mass is 1240 g/mol. The van der Waals surface area contributed by atoms with Gasteiger partial charge in [-0.25, -0.2) is 0 Å². The topological polar surface area (TPSA) is 147 Å². The maximum atomic E-state index is 15.5. The third-order valence-corrected chi connectivity index (χ3v) is 33.6. The SMILES string of the molecule is CC(=O)OC12CCc3cc(c(O)c4c3C3C=CC5(CCCC5C3)O4)CN3CC4(CC3=O)C(c3ccccc3)CCC43C#CCC4CCC5(CCCC5(NC(N)=NC3)SSCC3CCC(CC35CCC3(CCC6(CCCC6)C3)C53CCCC3)C(CC1)C(O)C2)C4. The van der Waals surface area contributed by atoms with Gasteiger partial charge in [-0.1, -0.05) is 89.6 Å². The van der Waals surface area contributed by atoms with Crippen molar-refractivity contribution in [3.63, 3.8) is 0 Å². The Morgan fingerprint density at radius 1 is 0.820 bits per heavy atom. The zero-order valence-electron chi connectivity index (χ0n) is 53.6. The number of aromatic hydroxyl groups is 1. The number of hydrogen-bond donors (Lipinski definition) is 4. The number of aliphatic hydroxyl groups excluding tert-OH is 1. The van der Waals surface area contributed by atoms with Crippen LogP contribution in [0.15, 0.2) is 53.5 Å². The summed E-state index contributed by atoms with van der Waals surface area (Å²) >= 11 is 0. The number of allylic oxidation sites excluding steroid dienone is 1. The number of nitrogens with two attached hydrogens (primary N) is 1. The van der Waals surface area contributed by atoms with Crippen molar-refractivity contribution >= 4 is 39.4 Å². The van der Waals surface area contributed by atoms with Crippen LogP contribution in [0.25, 0.3) is 0 Å². The summed E-state index contributed by atoms with van der Waals surface area (Å²) in [6.07, 6.45) is 43.4. The summed E-state index contributed by atoms with van der Waals surface area (Å²) in [5.74, 6) is 12.5. The quantitative estimate of drug-likeness (QED) is 0.0992. The molecular formula is C77H102N4O6S2. The number of nitrogens with zero attached hydrogens (tertiary/aromatic N) is 2. The summed E-state index contributed by atoms with van der Waals surface area (Å²) in [5.41, 5.74) is 10.9. The molecule has 1 amide bonds. The molecule has 20 rings (SSSR count). The molecule has 7 heterocycles. The molecule has 9 spiro atoms. The number of phenols is 1. The zero-order chi connectivity index (χ0) is 60.3. The van der Waals surface area contributed by atoms with Gasteiger partial charge < -0.3 is 35.6 Å². The van der Waals surface area contributed by atoms with Gasteiger partial charge >= 0.3 is 5.97 Å². The average Bonchev–Trinajstić information content (AvgIpc) is 1.52. The zero-order valence-corrected chi connectivity index (χ0v) is 55.3. The summed E-state index contributed by atoms with van der Waals surface area (Å²) in [6.45, 7) is 2.74. The standard InChI is InChI=1S/C77H102N4O6S2/c1-51(82)86-72-33-19-54-40-57(65(85)66-64(54)55-20-35-75(87-66)27-10-15-58(75)41-55)46-81-50-74(45-63(81)84)61(53-13-3-2-4-14-53)22-32-71(74)25-9-12-52-18-31-69(42-52)26-11-30-77(69,80-67(78)79-49-71)89-88-47-59-17-16-56(60(21-34-72)62(83)44-72)43-73(59)39-38-70(76(73)28-7-8-29-76)37-36-68(48-70)23-5-6-24-68/h2-4,13-14,20,35,40,52,55-56,58-62,83,85H,5-8,10-12,15-19,21-24,26-34,36-39,41-50H2,1H3,(H3,78,79,80). The lowest BCUT2D eigenvalue weighted by atomic mass is 9.45. The number of aliphatic imine (C=N–C) groups is 1. The molecule has 1 saturated heterocycles. The molecular weight excluding hydrogens is 1140 g/mol. The van der Waals surface area contributed by atoms with E-state index >= 15 is 4.79 Å². The molecule has 11 fully saturated rings. The number of rotatable bonds is 2. The number of aliphatic hydroxyl groups is 1. The van der Waals surface area contributed by atoms with Crippen LogP contribution >= 0.6 is 21.6 Å². The van der Waals surface area contributed by atoms with Gasteiger partial charge in [-0.2, -0.15) is 0 Å². The van der Waals surface area contributed by atoms with E-state index in [0.717, 1.165) is 93.9 Å². The molecule has 10 saturated carbocycles. The minimum atomic E-state index is -0.829. The lowest BCUT2D eigenvalue weighted by molar-refractivity contribution is -0.173. The molecule has 10 nitrogen and oxygen atoms in total. The predicted octanol–water partition coefficient (Wildman–Crippen LogP) is 15.9. The first kappa shape index (κ1) is 59.0. The van der Waals surface area contributed by atoms with Crippen molar-refractivity contribution in [2.24, 2.45) is 78.2 Å². The summed E-state index contributed by atoms with van der Waals surface area (Å²) in [6, 6.07) is 13.1. The van der Waals surface area contributed by atoms with Crippen molar-refractivity contribution in [2.45, 2.75) is 272 Å². The second-order valence-electron chi connectivity index (χ2n) is 33.7. The third-order valence-electron chi connectivity index (χ3n) is 30.3. The Labute approximate surface area is 539 Å². The number of nitrogens with one attached hydrogen (secondary N) is 1. The molecule has 0 radical (unpaired) electrons. The maximum absolute atomic E-state index is 15.5. The molecule has 89 heavy (non-hydrogen) atoms. The lowest BCUT2D eigenvalue weighted by Crippen LogP contribution is -2.56. The highest BCUT2D eigenvalue weighted by atomic mass is 33.1. The highest BCUT2D eigenvalue weighted by molar-refractivity contribution is 8.77. The van der Waals surface area contributed by atoms with Crippen molar-refractivity contribution in [3.05, 3.63) is 70.8 Å². The summed E-state index contributed by atoms with van der Waals surface area (Å²) < 4.78 is 14.0. The molecule has 18 aliphatic rings. The van der Waals surface area contributed by atoms with E-state index in [-0.39, 0.29) is 57.6 Å². The van der Waals surface area contributed by atoms with Crippen LogP contribution in [-0.4, -0.2) is 74.0 Å². The number of amides is 1. The minimum absolute atomic E-state index is 0.0693. The molecule has 5 N–H and O–H groups in total. The normalized spacial score (nSPS) is 44.7. The van der Waals surface area contributed by atoms with E-state index in [1.165, 1.54) is 128 Å². The first-order chi connectivity index (χ1) is 43.1. The fourth-order valence-electron chi connectivity index (χ4n) is 26.5. The Bertz CT molecular complexity index is 3290. The Kier molecular flexibility index (Phi) is 14.2. The number of hydrogen-bond acceptors (Lipinski definition) is 11. The molecule has 2 aromatic rings. The van der Waals surface area contributed by atoms with Gasteiger partial charge in [-0.3, -0.25) is 14.6 Å². The number of fused-ring (bicyclic) bond motifs is 3. The van der Waals surface area contributed by atoms with Crippen molar-refractivity contribution in [1.82, 2.24) is 10.2 Å². The van der Waals surface area contributed by atoms with E-state index < -0.39 is 28.1 Å². The number of benzene rings is 2. The fraction of sp³-hybridized carbons (Fsp3) is 0.753. The first-order valence-corrected chi connectivity index (χ1v) is 38.8. The number of phenolic OH excluding ortho intramolecular Hbond substituents is 1. The minimum Gasteiger partial charge on any atom is -0.504 e. The molecule has 11 aliphatic carbocycles. The van der Waals surface area contributed by atoms with E-state index in [1.807, 2.05) is 4.90 Å². The molecule has 0 aromatic heterocycles. The number of aryl methyl sites for hydroxylation is 1.